The number of hydrogen-bond acceptors (Lipinski definition) is 4. The van der Waals surface area contributed by atoms with Gasteiger partial charge in [-0.3, -0.25) is 4.79 Å². The summed E-state index contributed by atoms with van der Waals surface area (Å²) >= 11 is 1.38. The van der Waals surface area contributed by atoms with Crippen molar-refractivity contribution in [2.45, 2.75) is 6.92 Å². The van der Waals surface area contributed by atoms with E-state index in [1.165, 1.54) is 11.3 Å². The van der Waals surface area contributed by atoms with Gasteiger partial charge in [0.15, 0.2) is 0 Å². The van der Waals surface area contributed by atoms with Crippen molar-refractivity contribution in [2.24, 2.45) is 0 Å². The fourth-order valence-electron chi connectivity index (χ4n) is 1.22. The van der Waals surface area contributed by atoms with Crippen LogP contribution in [-0.4, -0.2) is 10.9 Å². The van der Waals surface area contributed by atoms with Gasteiger partial charge in [0.25, 0.3) is 5.91 Å². The van der Waals surface area contributed by atoms with Gasteiger partial charge in [-0.1, -0.05) is 6.07 Å². The van der Waals surface area contributed by atoms with Crippen LogP contribution in [0.2, 0.25) is 0 Å². The third-order valence-corrected chi connectivity index (χ3v) is 3.15. The van der Waals surface area contributed by atoms with E-state index in [4.69, 9.17) is 5.73 Å². The Morgan fingerprint density at radius 3 is 2.88 bits per heavy atom. The molecule has 2 heterocycles. The number of pyridine rings is 1. The largest absolute Gasteiger partial charge is 0.398 e. The van der Waals surface area contributed by atoms with E-state index < -0.39 is 0 Å². The average Bonchev–Trinajstić information content (AvgIpc) is 2.61. The highest BCUT2D eigenvalue weighted by Gasteiger charge is 2.11. The highest BCUT2D eigenvalue weighted by molar-refractivity contribution is 7.14. The predicted molar refractivity (Wildman–Crippen MR) is 65.7 cm³/mol. The van der Waals surface area contributed by atoms with Gasteiger partial charge < -0.3 is 11.1 Å². The number of carbonyl (C=O) groups is 1. The van der Waals surface area contributed by atoms with Crippen LogP contribution in [0, 0.1) is 6.92 Å². The van der Waals surface area contributed by atoms with Gasteiger partial charge >= 0.3 is 0 Å². The van der Waals surface area contributed by atoms with Gasteiger partial charge in [0.05, 0.1) is 4.88 Å². The Bertz CT molecular complexity index is 488. The molecule has 5 heteroatoms. The van der Waals surface area contributed by atoms with E-state index in [1.54, 1.807) is 24.4 Å². The third-order valence-electron chi connectivity index (χ3n) is 2.09. The van der Waals surface area contributed by atoms with Crippen molar-refractivity contribution in [1.29, 1.82) is 0 Å². The lowest BCUT2D eigenvalue weighted by atomic mass is 10.3. The molecule has 0 aliphatic carbocycles. The minimum atomic E-state index is -0.177. The van der Waals surface area contributed by atoms with Crippen LogP contribution < -0.4 is 11.1 Å². The molecule has 0 aliphatic heterocycles. The smallest absolute Gasteiger partial charge is 0.266 e. The van der Waals surface area contributed by atoms with E-state index >= 15 is 0 Å². The first-order valence-corrected chi connectivity index (χ1v) is 5.57. The van der Waals surface area contributed by atoms with Crippen molar-refractivity contribution in [3.05, 3.63) is 40.2 Å². The predicted octanol–water partition coefficient (Wildman–Crippen LogP) is 2.29. The zero-order chi connectivity index (χ0) is 11.5. The third kappa shape index (κ3) is 2.20. The molecule has 0 spiro atoms. The Balaban J connectivity index is 2.15. The van der Waals surface area contributed by atoms with Gasteiger partial charge in [-0.2, -0.15) is 0 Å². The zero-order valence-corrected chi connectivity index (χ0v) is 9.54. The maximum Gasteiger partial charge on any atom is 0.266 e. The SMILES string of the molecule is Cc1sc(C(=O)Nc2ccccn2)cc1N. The summed E-state index contributed by atoms with van der Waals surface area (Å²) < 4.78 is 0. The maximum atomic E-state index is 11.8. The normalized spacial score (nSPS) is 10.1. The molecule has 3 N–H and O–H groups in total. The summed E-state index contributed by atoms with van der Waals surface area (Å²) in [6.07, 6.45) is 1.63. The Labute approximate surface area is 97.1 Å². The molecule has 82 valence electrons. The molecule has 1 amide bonds. The van der Waals surface area contributed by atoms with E-state index in [1.807, 2.05) is 13.0 Å². The van der Waals surface area contributed by atoms with Gasteiger partial charge in [0.2, 0.25) is 0 Å². The molecule has 0 fully saturated rings. The van der Waals surface area contributed by atoms with Crippen LogP contribution in [0.25, 0.3) is 0 Å². The first-order valence-electron chi connectivity index (χ1n) is 4.75. The molecule has 0 aliphatic rings. The van der Waals surface area contributed by atoms with Gasteiger partial charge in [-0.25, -0.2) is 4.98 Å². The van der Waals surface area contributed by atoms with E-state index in [9.17, 15) is 4.79 Å². The van der Waals surface area contributed by atoms with Crippen molar-refractivity contribution in [3.8, 4) is 0 Å². The lowest BCUT2D eigenvalue weighted by molar-refractivity contribution is 0.103. The molecule has 2 aromatic heterocycles. The van der Waals surface area contributed by atoms with Crippen LogP contribution in [0.1, 0.15) is 14.5 Å². The number of anilines is 2. The number of amides is 1. The summed E-state index contributed by atoms with van der Waals surface area (Å²) in [5, 5.41) is 2.70. The molecule has 0 bridgehead atoms. The topological polar surface area (TPSA) is 68.0 Å². The average molecular weight is 233 g/mol. The van der Waals surface area contributed by atoms with Crippen LogP contribution >= 0.6 is 11.3 Å². The number of nitrogens with one attached hydrogen (secondary N) is 1. The molecule has 0 saturated carbocycles. The van der Waals surface area contributed by atoms with E-state index in [0.717, 1.165) is 4.88 Å². The van der Waals surface area contributed by atoms with Crippen molar-refractivity contribution in [2.75, 3.05) is 11.1 Å². The molecular weight excluding hydrogens is 222 g/mol. The molecule has 0 unspecified atom stereocenters. The number of nitrogen functional groups attached to an aromatic ring is 1. The van der Waals surface area contributed by atoms with E-state index in [-0.39, 0.29) is 5.91 Å². The zero-order valence-electron chi connectivity index (χ0n) is 8.73. The lowest BCUT2D eigenvalue weighted by Gasteiger charge is -2.00. The Kier molecular flexibility index (Phi) is 2.87. The molecule has 0 aromatic carbocycles. The second-order valence-electron chi connectivity index (χ2n) is 3.29. The van der Waals surface area contributed by atoms with Crippen molar-refractivity contribution >= 4 is 28.7 Å². The summed E-state index contributed by atoms with van der Waals surface area (Å²) in [4.78, 5) is 17.3. The summed E-state index contributed by atoms with van der Waals surface area (Å²) in [6.45, 7) is 1.89. The highest BCUT2D eigenvalue weighted by Crippen LogP contribution is 2.23. The fraction of sp³-hybridized carbons (Fsp3) is 0.0909. The number of aryl methyl sites for hydroxylation is 1. The van der Waals surface area contributed by atoms with E-state index in [0.29, 0.717) is 16.4 Å². The molecular formula is C11H11N3OS. The molecule has 0 saturated heterocycles. The minimum absolute atomic E-state index is 0.177. The van der Waals surface area contributed by atoms with Crippen LogP contribution in [0.3, 0.4) is 0 Å². The quantitative estimate of drug-likeness (QED) is 0.836. The molecule has 4 nitrogen and oxygen atoms in total. The number of carbonyl (C=O) groups excluding carboxylic acids is 1. The van der Waals surface area contributed by atoms with Crippen LogP contribution in [0.5, 0.6) is 0 Å². The Morgan fingerprint density at radius 1 is 1.50 bits per heavy atom. The van der Waals surface area contributed by atoms with Gasteiger partial charge in [-0.05, 0) is 25.1 Å². The summed E-state index contributed by atoms with van der Waals surface area (Å²) in [5.74, 6) is 0.362. The van der Waals surface area contributed by atoms with Crippen molar-refractivity contribution in [1.82, 2.24) is 4.98 Å². The monoisotopic (exact) mass is 233 g/mol. The lowest BCUT2D eigenvalue weighted by Crippen LogP contribution is -2.10. The number of nitrogens with zero attached hydrogens (tertiary/aromatic N) is 1. The molecule has 2 rings (SSSR count). The molecule has 16 heavy (non-hydrogen) atoms. The second kappa shape index (κ2) is 4.32. The number of hydrogen-bond donors (Lipinski definition) is 2. The Morgan fingerprint density at radius 2 is 2.31 bits per heavy atom. The Hall–Kier alpha value is -1.88. The number of rotatable bonds is 2. The van der Waals surface area contributed by atoms with Gasteiger partial charge in [0.1, 0.15) is 5.82 Å². The molecule has 0 radical (unpaired) electrons. The minimum Gasteiger partial charge on any atom is -0.398 e. The van der Waals surface area contributed by atoms with Crippen molar-refractivity contribution in [3.63, 3.8) is 0 Å². The number of aromatic nitrogens is 1. The van der Waals surface area contributed by atoms with E-state index in [2.05, 4.69) is 10.3 Å². The van der Waals surface area contributed by atoms with Gasteiger partial charge in [-0.15, -0.1) is 11.3 Å². The van der Waals surface area contributed by atoms with Crippen LogP contribution in [0.4, 0.5) is 11.5 Å². The summed E-state index contributed by atoms with van der Waals surface area (Å²) in [5.41, 5.74) is 6.34. The first-order chi connectivity index (χ1) is 7.66. The summed E-state index contributed by atoms with van der Waals surface area (Å²) in [7, 11) is 0. The van der Waals surface area contributed by atoms with Crippen molar-refractivity contribution < 1.29 is 4.79 Å². The highest BCUT2D eigenvalue weighted by atomic mass is 32.1. The molecule has 2 aromatic rings. The standard InChI is InChI=1S/C11H11N3OS/c1-7-8(12)6-9(16-7)11(15)14-10-4-2-3-5-13-10/h2-6H,12H2,1H3,(H,13,14,15). The summed E-state index contributed by atoms with van der Waals surface area (Å²) in [6, 6.07) is 7.03. The second-order valence-corrected chi connectivity index (χ2v) is 4.55. The van der Waals surface area contributed by atoms with Crippen LogP contribution in [0.15, 0.2) is 30.5 Å². The van der Waals surface area contributed by atoms with Gasteiger partial charge in [0, 0.05) is 16.8 Å². The maximum absolute atomic E-state index is 11.8. The fourth-order valence-corrected chi connectivity index (χ4v) is 2.06. The number of nitrogens with two attached hydrogens (primary N) is 1. The van der Waals surface area contributed by atoms with Crippen LogP contribution in [-0.2, 0) is 0 Å². The molecule has 0 atom stereocenters. The first kappa shape index (κ1) is 10.6. The number of thiophene rings is 1.